The molecule has 2 N–H and O–H groups in total. The second-order valence-electron chi connectivity index (χ2n) is 8.74. The molecule has 10 nitrogen and oxygen atoms in total. The van der Waals surface area contributed by atoms with Gasteiger partial charge in [0.15, 0.2) is 0 Å². The van der Waals surface area contributed by atoms with Gasteiger partial charge in [0, 0.05) is 35.3 Å². The number of anilines is 4. The number of nitro groups is 1. The largest absolute Gasteiger partial charge is 0.341 e. The molecule has 38 heavy (non-hydrogen) atoms. The van der Waals surface area contributed by atoms with E-state index in [2.05, 4.69) is 35.7 Å². The Labute approximate surface area is 224 Å². The van der Waals surface area contributed by atoms with E-state index in [9.17, 15) is 10.1 Å². The number of hydrogen-bond acceptors (Lipinski definition) is 10. The number of hydrazone groups is 1. The van der Waals surface area contributed by atoms with Crippen molar-refractivity contribution in [3.05, 3.63) is 94.0 Å². The fourth-order valence-corrected chi connectivity index (χ4v) is 4.82. The summed E-state index contributed by atoms with van der Waals surface area (Å²) in [4.78, 5) is 28.5. The van der Waals surface area contributed by atoms with Crippen LogP contribution >= 0.6 is 11.8 Å². The summed E-state index contributed by atoms with van der Waals surface area (Å²) in [7, 11) is 0. The van der Waals surface area contributed by atoms with Crippen molar-refractivity contribution in [2.75, 3.05) is 28.7 Å². The van der Waals surface area contributed by atoms with E-state index >= 15 is 0 Å². The Morgan fingerprint density at radius 3 is 2.45 bits per heavy atom. The lowest BCUT2D eigenvalue weighted by Gasteiger charge is -2.16. The summed E-state index contributed by atoms with van der Waals surface area (Å²) in [6, 6.07) is 22.6. The monoisotopic (exact) mass is 526 g/mol. The van der Waals surface area contributed by atoms with Crippen LogP contribution in [0.5, 0.6) is 0 Å². The predicted octanol–water partition coefficient (Wildman–Crippen LogP) is 6.03. The van der Waals surface area contributed by atoms with Gasteiger partial charge in [0.2, 0.25) is 17.8 Å². The summed E-state index contributed by atoms with van der Waals surface area (Å²) in [6.07, 6.45) is 3.69. The van der Waals surface area contributed by atoms with Crippen LogP contribution in [-0.2, 0) is 0 Å². The molecule has 1 aliphatic rings. The fourth-order valence-electron chi connectivity index (χ4n) is 3.92. The van der Waals surface area contributed by atoms with Gasteiger partial charge >= 0.3 is 0 Å². The molecule has 0 amide bonds. The van der Waals surface area contributed by atoms with Crippen LogP contribution in [-0.4, -0.2) is 39.2 Å². The van der Waals surface area contributed by atoms with Crippen molar-refractivity contribution in [2.45, 2.75) is 29.6 Å². The molecule has 1 saturated heterocycles. The highest BCUT2D eigenvalue weighted by Gasteiger charge is 2.18. The fraction of sp³-hybridized carbons (Fsp3) is 0.185. The Morgan fingerprint density at radius 1 is 0.974 bits per heavy atom. The summed E-state index contributed by atoms with van der Waals surface area (Å²) >= 11 is 1.36. The Bertz CT molecular complexity index is 1440. The van der Waals surface area contributed by atoms with Crippen LogP contribution < -0.4 is 15.6 Å². The molecule has 1 fully saturated rings. The van der Waals surface area contributed by atoms with Gasteiger partial charge in [-0.1, -0.05) is 53.7 Å². The van der Waals surface area contributed by atoms with Crippen LogP contribution in [0.25, 0.3) is 0 Å². The predicted molar refractivity (Wildman–Crippen MR) is 151 cm³/mol. The van der Waals surface area contributed by atoms with Gasteiger partial charge in [-0.25, -0.2) is 5.43 Å². The topological polar surface area (TPSA) is 121 Å². The van der Waals surface area contributed by atoms with Crippen LogP contribution in [0.3, 0.4) is 0 Å². The summed E-state index contributed by atoms with van der Waals surface area (Å²) < 4.78 is 0. The third-order valence-electron chi connectivity index (χ3n) is 5.85. The normalized spacial score (nSPS) is 13.1. The van der Waals surface area contributed by atoms with E-state index in [1.54, 1.807) is 12.1 Å². The van der Waals surface area contributed by atoms with Crippen LogP contribution in [0.2, 0.25) is 0 Å². The molecule has 0 bridgehead atoms. The molecule has 3 aromatic carbocycles. The molecule has 4 aromatic rings. The zero-order valence-electron chi connectivity index (χ0n) is 20.7. The second kappa shape index (κ2) is 11.7. The molecule has 0 spiro atoms. The van der Waals surface area contributed by atoms with E-state index in [0.717, 1.165) is 42.1 Å². The van der Waals surface area contributed by atoms with Crippen molar-refractivity contribution >= 4 is 47.2 Å². The van der Waals surface area contributed by atoms with Gasteiger partial charge < -0.3 is 10.2 Å². The number of aromatic nitrogens is 3. The van der Waals surface area contributed by atoms with Crippen molar-refractivity contribution in [1.82, 2.24) is 15.0 Å². The minimum absolute atomic E-state index is 0.0188. The number of rotatable bonds is 9. The Kier molecular flexibility index (Phi) is 7.74. The first-order chi connectivity index (χ1) is 18.5. The maximum Gasteiger partial charge on any atom is 0.283 e. The standard InChI is InChI=1S/C27H26N8O2S/c1-19-9-12-22(13-10-19)38-24-14-11-20(17-23(24)35(36)37)18-28-33-26-30-25(29-21-7-3-2-4-8-21)31-27(32-26)34-15-5-6-16-34/h2-4,7-14,17-18H,5-6,15-16H2,1H3,(H2,29,30,31,32,33)/b28-18+. The molecule has 1 aromatic heterocycles. The molecule has 0 radical (unpaired) electrons. The molecular formula is C27H26N8O2S. The van der Waals surface area contributed by atoms with E-state index in [1.165, 1.54) is 24.0 Å². The molecule has 1 aliphatic heterocycles. The lowest BCUT2D eigenvalue weighted by Crippen LogP contribution is -2.21. The molecule has 2 heterocycles. The third kappa shape index (κ3) is 6.43. The maximum absolute atomic E-state index is 11.8. The number of nitro benzene ring substituents is 1. The van der Waals surface area contributed by atoms with Crippen molar-refractivity contribution in [2.24, 2.45) is 5.10 Å². The van der Waals surface area contributed by atoms with Crippen LogP contribution in [0.4, 0.5) is 29.2 Å². The van der Waals surface area contributed by atoms with Gasteiger partial charge in [0.1, 0.15) is 0 Å². The number of aryl methyl sites for hydroxylation is 1. The highest BCUT2D eigenvalue weighted by atomic mass is 32.2. The minimum Gasteiger partial charge on any atom is -0.341 e. The van der Waals surface area contributed by atoms with Crippen molar-refractivity contribution in [3.63, 3.8) is 0 Å². The Balaban J connectivity index is 1.34. The number of nitrogens with one attached hydrogen (secondary N) is 2. The number of nitrogens with zero attached hydrogens (tertiary/aromatic N) is 6. The van der Waals surface area contributed by atoms with Crippen LogP contribution in [0, 0.1) is 17.0 Å². The smallest absolute Gasteiger partial charge is 0.283 e. The summed E-state index contributed by atoms with van der Waals surface area (Å²) in [5.74, 6) is 1.25. The van der Waals surface area contributed by atoms with Gasteiger partial charge in [-0.05, 0) is 50.1 Å². The maximum atomic E-state index is 11.8. The molecule has 0 atom stereocenters. The molecular weight excluding hydrogens is 500 g/mol. The van der Waals surface area contributed by atoms with E-state index in [-0.39, 0.29) is 16.6 Å². The lowest BCUT2D eigenvalue weighted by molar-refractivity contribution is -0.387. The van der Waals surface area contributed by atoms with Gasteiger partial charge in [-0.15, -0.1) is 0 Å². The van der Waals surface area contributed by atoms with Crippen LogP contribution in [0.15, 0.2) is 87.7 Å². The van der Waals surface area contributed by atoms with E-state index in [4.69, 9.17) is 0 Å². The average molecular weight is 527 g/mol. The molecule has 0 saturated carbocycles. The van der Waals surface area contributed by atoms with Gasteiger partial charge in [0.25, 0.3) is 5.69 Å². The molecule has 192 valence electrons. The average Bonchev–Trinajstić information content (AvgIpc) is 3.46. The van der Waals surface area contributed by atoms with Crippen molar-refractivity contribution < 1.29 is 4.92 Å². The van der Waals surface area contributed by atoms with E-state index in [1.807, 2.05) is 61.5 Å². The first-order valence-electron chi connectivity index (χ1n) is 12.2. The highest BCUT2D eigenvalue weighted by Crippen LogP contribution is 2.35. The third-order valence-corrected chi connectivity index (χ3v) is 6.92. The van der Waals surface area contributed by atoms with Gasteiger partial charge in [-0.3, -0.25) is 10.1 Å². The molecule has 11 heteroatoms. The molecule has 0 unspecified atom stereocenters. The van der Waals surface area contributed by atoms with Gasteiger partial charge in [-0.2, -0.15) is 20.1 Å². The summed E-state index contributed by atoms with van der Waals surface area (Å²) in [5.41, 5.74) is 5.45. The first kappa shape index (κ1) is 25.2. The Hall–Kier alpha value is -4.51. The SMILES string of the molecule is Cc1ccc(Sc2ccc(/C=N/Nc3nc(Nc4ccccc4)nc(N4CCCC4)n3)cc2[N+](=O)[O-])cc1. The van der Waals surface area contributed by atoms with E-state index < -0.39 is 0 Å². The minimum atomic E-state index is -0.378. The van der Waals surface area contributed by atoms with Gasteiger partial charge in [0.05, 0.1) is 16.0 Å². The molecule has 5 rings (SSSR count). The van der Waals surface area contributed by atoms with Crippen LogP contribution in [0.1, 0.15) is 24.0 Å². The molecule has 0 aliphatic carbocycles. The summed E-state index contributed by atoms with van der Waals surface area (Å²) in [6.45, 7) is 3.77. The number of hydrogen-bond donors (Lipinski definition) is 2. The number of benzene rings is 3. The highest BCUT2D eigenvalue weighted by molar-refractivity contribution is 7.99. The van der Waals surface area contributed by atoms with E-state index in [0.29, 0.717) is 22.4 Å². The lowest BCUT2D eigenvalue weighted by atomic mass is 10.2. The Morgan fingerprint density at radius 2 is 1.71 bits per heavy atom. The number of para-hydroxylation sites is 1. The zero-order chi connectivity index (χ0) is 26.3. The second-order valence-corrected chi connectivity index (χ2v) is 9.85. The summed E-state index contributed by atoms with van der Waals surface area (Å²) in [5, 5.41) is 19.2. The van der Waals surface area contributed by atoms with Crippen molar-refractivity contribution in [1.29, 1.82) is 0 Å². The van der Waals surface area contributed by atoms with Crippen molar-refractivity contribution in [3.8, 4) is 0 Å². The zero-order valence-corrected chi connectivity index (χ0v) is 21.6. The quantitative estimate of drug-likeness (QED) is 0.153. The first-order valence-corrected chi connectivity index (χ1v) is 13.0.